The maximum Gasteiger partial charge on any atom is 0.305 e. The van der Waals surface area contributed by atoms with E-state index in [1.54, 1.807) is 0 Å². The van der Waals surface area contributed by atoms with E-state index in [-0.39, 0.29) is 18.9 Å². The normalized spacial score (nSPS) is 9.95. The highest BCUT2D eigenvalue weighted by Crippen LogP contribution is 2.26. The molecule has 21 heavy (non-hydrogen) atoms. The number of rotatable bonds is 10. The molecule has 1 rings (SSSR count). The van der Waals surface area contributed by atoms with Gasteiger partial charge in [-0.25, -0.2) is 0 Å². The van der Waals surface area contributed by atoms with Crippen LogP contribution < -0.4 is 14.8 Å². The predicted octanol–water partition coefficient (Wildman–Crippen LogP) is 1.84. The number of aliphatic carboxylic acids is 1. The number of ether oxygens (including phenoxy) is 2. The average molecular weight is 295 g/mol. The molecule has 0 saturated carbocycles. The molecule has 0 spiro atoms. The van der Waals surface area contributed by atoms with Gasteiger partial charge in [-0.1, -0.05) is 12.1 Å². The predicted molar refractivity (Wildman–Crippen MR) is 77.6 cm³/mol. The largest absolute Gasteiger partial charge is 0.490 e. The molecule has 0 radical (unpaired) electrons. The first-order valence-electron chi connectivity index (χ1n) is 6.96. The lowest BCUT2D eigenvalue weighted by Crippen LogP contribution is -2.26. The van der Waals surface area contributed by atoms with Gasteiger partial charge in [0.25, 0.3) is 0 Å². The molecule has 0 aliphatic carbocycles. The highest BCUT2D eigenvalue weighted by Gasteiger charge is 2.05. The summed E-state index contributed by atoms with van der Waals surface area (Å²) in [6.45, 7) is 3.02. The number of nitrogens with one attached hydrogen (secondary N) is 1. The summed E-state index contributed by atoms with van der Waals surface area (Å²) in [6, 6.07) is 7.37. The summed E-state index contributed by atoms with van der Waals surface area (Å²) in [6.07, 6.45) is 0.791. The molecular formula is C15H21NO5. The molecule has 0 aromatic heterocycles. The van der Waals surface area contributed by atoms with Crippen molar-refractivity contribution in [2.24, 2.45) is 0 Å². The van der Waals surface area contributed by atoms with Crippen molar-refractivity contribution < 1.29 is 24.2 Å². The minimum absolute atomic E-state index is 0.0655. The zero-order chi connectivity index (χ0) is 15.5. The number of amides is 1. The lowest BCUT2D eigenvalue weighted by Gasteiger charge is -2.11. The van der Waals surface area contributed by atoms with E-state index < -0.39 is 5.97 Å². The molecule has 0 aliphatic rings. The molecule has 0 aliphatic heterocycles. The summed E-state index contributed by atoms with van der Waals surface area (Å²) in [7, 11) is 0. The SMILES string of the molecule is CCOc1ccccc1OCCCC(=O)NCCC(=O)O. The minimum atomic E-state index is -0.925. The zero-order valence-electron chi connectivity index (χ0n) is 12.1. The molecule has 0 heterocycles. The van der Waals surface area contributed by atoms with Gasteiger partial charge in [-0.3, -0.25) is 9.59 Å². The first-order chi connectivity index (χ1) is 10.1. The van der Waals surface area contributed by atoms with Crippen molar-refractivity contribution in [2.45, 2.75) is 26.2 Å². The summed E-state index contributed by atoms with van der Waals surface area (Å²) in [5, 5.41) is 11.0. The van der Waals surface area contributed by atoms with Gasteiger partial charge in [0.05, 0.1) is 19.6 Å². The lowest BCUT2D eigenvalue weighted by molar-refractivity contribution is -0.136. The molecule has 1 aromatic carbocycles. The second-order valence-corrected chi connectivity index (χ2v) is 4.33. The summed E-state index contributed by atoms with van der Waals surface area (Å²) in [5.41, 5.74) is 0. The molecule has 0 saturated heterocycles. The van der Waals surface area contributed by atoms with Gasteiger partial charge in [-0.2, -0.15) is 0 Å². The number of carbonyl (C=O) groups excluding carboxylic acids is 1. The number of para-hydroxylation sites is 2. The molecule has 116 valence electrons. The Morgan fingerprint density at radius 1 is 1.14 bits per heavy atom. The fraction of sp³-hybridized carbons (Fsp3) is 0.467. The van der Waals surface area contributed by atoms with Gasteiger partial charge < -0.3 is 19.9 Å². The van der Waals surface area contributed by atoms with Crippen molar-refractivity contribution in [2.75, 3.05) is 19.8 Å². The highest BCUT2D eigenvalue weighted by molar-refractivity contribution is 5.76. The average Bonchev–Trinajstić information content (AvgIpc) is 2.45. The van der Waals surface area contributed by atoms with Gasteiger partial charge in [0.2, 0.25) is 5.91 Å². The van der Waals surface area contributed by atoms with Crippen LogP contribution in [0.3, 0.4) is 0 Å². The number of carbonyl (C=O) groups is 2. The van der Waals surface area contributed by atoms with Crippen molar-refractivity contribution in [3.05, 3.63) is 24.3 Å². The van der Waals surface area contributed by atoms with Crippen molar-refractivity contribution in [1.82, 2.24) is 5.32 Å². The summed E-state index contributed by atoms with van der Waals surface area (Å²) >= 11 is 0. The van der Waals surface area contributed by atoms with Crippen LogP contribution in [0.1, 0.15) is 26.2 Å². The van der Waals surface area contributed by atoms with E-state index >= 15 is 0 Å². The molecule has 1 aromatic rings. The third kappa shape index (κ3) is 7.20. The molecule has 0 unspecified atom stereocenters. The van der Waals surface area contributed by atoms with E-state index in [4.69, 9.17) is 14.6 Å². The first kappa shape index (κ1) is 16.8. The molecule has 0 bridgehead atoms. The van der Waals surface area contributed by atoms with E-state index in [0.717, 1.165) is 0 Å². The van der Waals surface area contributed by atoms with E-state index in [2.05, 4.69) is 5.32 Å². The minimum Gasteiger partial charge on any atom is -0.490 e. The van der Waals surface area contributed by atoms with E-state index in [1.165, 1.54) is 0 Å². The fourth-order valence-electron chi connectivity index (χ4n) is 1.66. The summed E-state index contributed by atoms with van der Waals surface area (Å²) < 4.78 is 11.0. The standard InChI is InChI=1S/C15H21NO5/c1-2-20-12-6-3-4-7-13(12)21-11-5-8-14(17)16-10-9-15(18)19/h3-4,6-7H,2,5,8-11H2,1H3,(H,16,17)(H,18,19). The van der Waals surface area contributed by atoms with E-state index in [9.17, 15) is 9.59 Å². The Balaban J connectivity index is 2.22. The number of hydrogen-bond acceptors (Lipinski definition) is 4. The van der Waals surface area contributed by atoms with Gasteiger partial charge in [-0.05, 0) is 25.5 Å². The quantitative estimate of drug-likeness (QED) is 0.643. The van der Waals surface area contributed by atoms with Gasteiger partial charge in [0.15, 0.2) is 11.5 Å². The van der Waals surface area contributed by atoms with Crippen molar-refractivity contribution in [3.8, 4) is 11.5 Å². The number of hydrogen-bond donors (Lipinski definition) is 2. The van der Waals surface area contributed by atoms with Gasteiger partial charge in [-0.15, -0.1) is 0 Å². The number of benzene rings is 1. The second-order valence-electron chi connectivity index (χ2n) is 4.33. The van der Waals surface area contributed by atoms with Crippen molar-refractivity contribution in [1.29, 1.82) is 0 Å². The van der Waals surface area contributed by atoms with Crippen molar-refractivity contribution in [3.63, 3.8) is 0 Å². The van der Waals surface area contributed by atoms with Crippen LogP contribution in [0.4, 0.5) is 0 Å². The maximum absolute atomic E-state index is 11.4. The first-order valence-corrected chi connectivity index (χ1v) is 6.96. The van der Waals surface area contributed by atoms with Gasteiger partial charge >= 0.3 is 5.97 Å². The molecular weight excluding hydrogens is 274 g/mol. The van der Waals surface area contributed by atoms with Crippen LogP contribution in [-0.2, 0) is 9.59 Å². The Morgan fingerprint density at radius 3 is 2.43 bits per heavy atom. The Kier molecular flexibility index (Phi) is 7.71. The third-order valence-electron chi connectivity index (χ3n) is 2.62. The fourth-order valence-corrected chi connectivity index (χ4v) is 1.66. The smallest absolute Gasteiger partial charge is 0.305 e. The van der Waals surface area contributed by atoms with Crippen LogP contribution in [0.15, 0.2) is 24.3 Å². The van der Waals surface area contributed by atoms with Crippen LogP contribution in [0, 0.1) is 0 Å². The Morgan fingerprint density at radius 2 is 1.81 bits per heavy atom. The molecule has 6 heteroatoms. The third-order valence-corrected chi connectivity index (χ3v) is 2.62. The number of carboxylic acid groups (broad SMARTS) is 1. The van der Waals surface area contributed by atoms with Crippen LogP contribution >= 0.6 is 0 Å². The van der Waals surface area contributed by atoms with Crippen LogP contribution in [0.2, 0.25) is 0 Å². The molecule has 1 amide bonds. The molecule has 0 fully saturated rings. The van der Waals surface area contributed by atoms with E-state index in [1.807, 2.05) is 31.2 Å². The summed E-state index contributed by atoms with van der Waals surface area (Å²) in [4.78, 5) is 21.7. The van der Waals surface area contributed by atoms with Crippen LogP contribution in [0.5, 0.6) is 11.5 Å². The maximum atomic E-state index is 11.4. The molecule has 2 N–H and O–H groups in total. The van der Waals surface area contributed by atoms with Crippen molar-refractivity contribution >= 4 is 11.9 Å². The highest BCUT2D eigenvalue weighted by atomic mass is 16.5. The number of carboxylic acids is 1. The Bertz CT molecular complexity index is 461. The second kappa shape index (κ2) is 9.63. The van der Waals surface area contributed by atoms with E-state index in [0.29, 0.717) is 37.6 Å². The molecule has 6 nitrogen and oxygen atoms in total. The molecule has 0 atom stereocenters. The summed E-state index contributed by atoms with van der Waals surface area (Å²) in [5.74, 6) is 0.251. The van der Waals surface area contributed by atoms with Crippen LogP contribution in [-0.4, -0.2) is 36.7 Å². The lowest BCUT2D eigenvalue weighted by atomic mass is 10.3. The van der Waals surface area contributed by atoms with Crippen LogP contribution in [0.25, 0.3) is 0 Å². The monoisotopic (exact) mass is 295 g/mol. The Labute approximate surface area is 124 Å². The van der Waals surface area contributed by atoms with Gasteiger partial charge in [0, 0.05) is 13.0 Å². The van der Waals surface area contributed by atoms with Gasteiger partial charge in [0.1, 0.15) is 0 Å². The zero-order valence-corrected chi connectivity index (χ0v) is 12.1. The Hall–Kier alpha value is -2.24. The topological polar surface area (TPSA) is 84.9 Å².